The number of nitro groups is 1. The van der Waals surface area contributed by atoms with Crippen LogP contribution in [0.3, 0.4) is 0 Å². The van der Waals surface area contributed by atoms with Crippen LogP contribution in [-0.4, -0.2) is 30.0 Å². The van der Waals surface area contributed by atoms with Crippen molar-refractivity contribution in [3.05, 3.63) is 39.9 Å². The van der Waals surface area contributed by atoms with E-state index in [4.69, 9.17) is 0 Å². The highest BCUT2D eigenvalue weighted by Gasteiger charge is 2.21. The molecule has 6 heteroatoms. The summed E-state index contributed by atoms with van der Waals surface area (Å²) in [5.74, 6) is 0.0411. The second-order valence-electron chi connectivity index (χ2n) is 4.61. The summed E-state index contributed by atoms with van der Waals surface area (Å²) in [7, 11) is 0. The summed E-state index contributed by atoms with van der Waals surface area (Å²) in [6.45, 7) is 1.45. The molecule has 102 valence electrons. The predicted molar refractivity (Wildman–Crippen MR) is 70.8 cm³/mol. The van der Waals surface area contributed by atoms with Crippen molar-refractivity contribution in [3.63, 3.8) is 0 Å². The van der Waals surface area contributed by atoms with E-state index in [0.29, 0.717) is 13.0 Å². The van der Waals surface area contributed by atoms with Crippen LogP contribution in [-0.2, 0) is 11.2 Å². The normalized spacial score (nSPS) is 18.2. The summed E-state index contributed by atoms with van der Waals surface area (Å²) < 4.78 is 0. The first-order valence-corrected chi connectivity index (χ1v) is 6.41. The molecule has 0 radical (unpaired) electrons. The number of hydrogen-bond donors (Lipinski definition) is 2. The van der Waals surface area contributed by atoms with Gasteiger partial charge in [-0.15, -0.1) is 0 Å². The van der Waals surface area contributed by atoms with Crippen LogP contribution in [0, 0.1) is 10.1 Å². The molecule has 2 N–H and O–H groups in total. The average molecular weight is 263 g/mol. The fourth-order valence-electron chi connectivity index (χ4n) is 2.15. The van der Waals surface area contributed by atoms with Crippen molar-refractivity contribution >= 4 is 11.6 Å². The van der Waals surface area contributed by atoms with Gasteiger partial charge in [0.25, 0.3) is 5.69 Å². The van der Waals surface area contributed by atoms with E-state index in [1.165, 1.54) is 12.1 Å². The van der Waals surface area contributed by atoms with Crippen LogP contribution in [0.1, 0.15) is 18.4 Å². The maximum Gasteiger partial charge on any atom is 0.269 e. The number of nitrogens with zero attached hydrogens (tertiary/aromatic N) is 1. The third-order valence-electron chi connectivity index (χ3n) is 3.24. The number of amides is 1. The van der Waals surface area contributed by atoms with Gasteiger partial charge in [0.2, 0.25) is 5.91 Å². The largest absolute Gasteiger partial charge is 0.354 e. The summed E-state index contributed by atoms with van der Waals surface area (Å²) in [5, 5.41) is 16.5. The second kappa shape index (κ2) is 6.29. The van der Waals surface area contributed by atoms with Crippen molar-refractivity contribution in [1.82, 2.24) is 10.6 Å². The molecule has 1 aliphatic heterocycles. The molecule has 1 atom stereocenters. The topological polar surface area (TPSA) is 84.3 Å². The molecule has 1 heterocycles. The summed E-state index contributed by atoms with van der Waals surface area (Å²) in [6.07, 6.45) is 2.61. The Labute approximate surface area is 111 Å². The van der Waals surface area contributed by atoms with Gasteiger partial charge >= 0.3 is 0 Å². The molecule has 19 heavy (non-hydrogen) atoms. The Hall–Kier alpha value is -1.95. The average Bonchev–Trinajstić information content (AvgIpc) is 2.93. The minimum atomic E-state index is -0.419. The van der Waals surface area contributed by atoms with Gasteiger partial charge in [-0.25, -0.2) is 0 Å². The minimum absolute atomic E-state index is 0.0411. The Balaban J connectivity index is 1.75. The van der Waals surface area contributed by atoms with Crippen molar-refractivity contribution in [1.29, 1.82) is 0 Å². The van der Waals surface area contributed by atoms with Crippen molar-refractivity contribution in [2.24, 2.45) is 0 Å². The van der Waals surface area contributed by atoms with E-state index < -0.39 is 4.92 Å². The molecule has 1 aromatic carbocycles. The molecule has 1 aliphatic rings. The number of rotatable bonds is 5. The lowest BCUT2D eigenvalue weighted by Crippen LogP contribution is -2.41. The zero-order valence-corrected chi connectivity index (χ0v) is 10.6. The van der Waals surface area contributed by atoms with E-state index in [1.54, 1.807) is 12.1 Å². The summed E-state index contributed by atoms with van der Waals surface area (Å²) in [4.78, 5) is 21.8. The van der Waals surface area contributed by atoms with Gasteiger partial charge in [0.05, 0.1) is 11.0 Å². The summed E-state index contributed by atoms with van der Waals surface area (Å²) >= 11 is 0. The number of non-ortho nitro benzene ring substituents is 1. The predicted octanol–water partition coefficient (Wildman–Crippen LogP) is 1.01. The van der Waals surface area contributed by atoms with E-state index >= 15 is 0 Å². The van der Waals surface area contributed by atoms with Gasteiger partial charge in [0.15, 0.2) is 0 Å². The van der Waals surface area contributed by atoms with Crippen LogP contribution in [0.2, 0.25) is 0 Å². The maximum atomic E-state index is 11.7. The van der Waals surface area contributed by atoms with E-state index in [9.17, 15) is 14.9 Å². The lowest BCUT2D eigenvalue weighted by Gasteiger charge is -2.10. The highest BCUT2D eigenvalue weighted by molar-refractivity contribution is 5.81. The van der Waals surface area contributed by atoms with Crippen LogP contribution in [0.4, 0.5) is 5.69 Å². The second-order valence-corrected chi connectivity index (χ2v) is 4.61. The van der Waals surface area contributed by atoms with Crippen LogP contribution < -0.4 is 10.6 Å². The molecule has 1 unspecified atom stereocenters. The van der Waals surface area contributed by atoms with E-state index in [1.807, 2.05) is 0 Å². The van der Waals surface area contributed by atoms with Crippen LogP contribution in [0.15, 0.2) is 24.3 Å². The maximum absolute atomic E-state index is 11.7. The molecule has 1 aromatic rings. The molecule has 1 saturated heterocycles. The van der Waals surface area contributed by atoms with Gasteiger partial charge in [-0.3, -0.25) is 14.9 Å². The molecule has 0 bridgehead atoms. The fourth-order valence-corrected chi connectivity index (χ4v) is 2.15. The monoisotopic (exact) mass is 263 g/mol. The Bertz CT molecular complexity index is 453. The molecule has 0 saturated carbocycles. The Morgan fingerprint density at radius 1 is 1.42 bits per heavy atom. The van der Waals surface area contributed by atoms with Crippen LogP contribution >= 0.6 is 0 Å². The van der Waals surface area contributed by atoms with Gasteiger partial charge in [-0.2, -0.15) is 0 Å². The zero-order valence-electron chi connectivity index (χ0n) is 10.6. The van der Waals surface area contributed by atoms with E-state index in [0.717, 1.165) is 24.9 Å². The Morgan fingerprint density at radius 2 is 2.16 bits per heavy atom. The summed E-state index contributed by atoms with van der Waals surface area (Å²) in [6, 6.07) is 6.35. The molecule has 1 amide bonds. The lowest BCUT2D eigenvalue weighted by atomic mass is 10.1. The van der Waals surface area contributed by atoms with Gasteiger partial charge in [-0.1, -0.05) is 12.1 Å². The third kappa shape index (κ3) is 3.75. The van der Waals surface area contributed by atoms with Crippen LogP contribution in [0.5, 0.6) is 0 Å². The van der Waals surface area contributed by atoms with E-state index in [2.05, 4.69) is 10.6 Å². The molecule has 0 aromatic heterocycles. The van der Waals surface area contributed by atoms with Crippen LogP contribution in [0.25, 0.3) is 0 Å². The highest BCUT2D eigenvalue weighted by atomic mass is 16.6. The standard InChI is InChI=1S/C13H17N3O3/c17-13(12-2-1-8-14-12)15-9-7-10-3-5-11(6-4-10)16(18)19/h3-6,12,14H,1-2,7-9H2,(H,15,17). The first kappa shape index (κ1) is 13.5. The molecule has 2 rings (SSSR count). The first-order chi connectivity index (χ1) is 9.16. The number of carbonyl (C=O) groups excluding carboxylic acids is 1. The molecule has 0 aliphatic carbocycles. The smallest absolute Gasteiger partial charge is 0.269 e. The molecule has 0 spiro atoms. The van der Waals surface area contributed by atoms with Crippen molar-refractivity contribution in [2.45, 2.75) is 25.3 Å². The third-order valence-corrected chi connectivity index (χ3v) is 3.24. The lowest BCUT2D eigenvalue weighted by molar-refractivity contribution is -0.384. The van der Waals surface area contributed by atoms with Gasteiger partial charge in [0.1, 0.15) is 0 Å². The molecule has 6 nitrogen and oxygen atoms in total. The SMILES string of the molecule is O=C(NCCc1ccc([N+](=O)[O-])cc1)C1CCCN1. The van der Waals surface area contributed by atoms with Gasteiger partial charge in [0, 0.05) is 18.7 Å². The number of carbonyl (C=O) groups is 1. The van der Waals surface area contributed by atoms with Gasteiger partial charge in [-0.05, 0) is 31.4 Å². The minimum Gasteiger partial charge on any atom is -0.354 e. The van der Waals surface area contributed by atoms with Crippen molar-refractivity contribution in [3.8, 4) is 0 Å². The zero-order chi connectivity index (χ0) is 13.7. The van der Waals surface area contributed by atoms with Crippen molar-refractivity contribution < 1.29 is 9.72 Å². The first-order valence-electron chi connectivity index (χ1n) is 6.41. The highest BCUT2D eigenvalue weighted by Crippen LogP contribution is 2.12. The van der Waals surface area contributed by atoms with E-state index in [-0.39, 0.29) is 17.6 Å². The Morgan fingerprint density at radius 3 is 2.74 bits per heavy atom. The quantitative estimate of drug-likeness (QED) is 0.613. The number of hydrogen-bond acceptors (Lipinski definition) is 4. The molecular formula is C13H17N3O3. The number of nitrogens with one attached hydrogen (secondary N) is 2. The molecule has 1 fully saturated rings. The number of nitro benzene ring substituents is 1. The fraction of sp³-hybridized carbons (Fsp3) is 0.462. The van der Waals surface area contributed by atoms with Gasteiger partial charge < -0.3 is 10.6 Å². The summed E-state index contributed by atoms with van der Waals surface area (Å²) in [5.41, 5.74) is 1.06. The Kier molecular flexibility index (Phi) is 4.46. The number of benzene rings is 1. The van der Waals surface area contributed by atoms with Crippen molar-refractivity contribution in [2.75, 3.05) is 13.1 Å². The molecular weight excluding hydrogens is 246 g/mol.